The lowest BCUT2D eigenvalue weighted by atomic mass is 10.2. The molecule has 1 aliphatic rings. The SMILES string of the molecule is COc1ccc(Cl)cc1NCC1CNCCN1C. The molecule has 0 aliphatic carbocycles. The minimum atomic E-state index is 0.488. The number of piperazine rings is 1. The first-order valence-electron chi connectivity index (χ1n) is 6.19. The van der Waals surface area contributed by atoms with Gasteiger partial charge in [0.05, 0.1) is 12.8 Å². The van der Waals surface area contributed by atoms with E-state index in [9.17, 15) is 0 Å². The average Bonchev–Trinajstić information content (AvgIpc) is 2.38. The number of benzene rings is 1. The van der Waals surface area contributed by atoms with Gasteiger partial charge in [-0.3, -0.25) is 4.90 Å². The second-order valence-electron chi connectivity index (χ2n) is 4.56. The minimum absolute atomic E-state index is 0.488. The number of methoxy groups -OCH3 is 1. The molecule has 100 valence electrons. The zero-order chi connectivity index (χ0) is 13.0. The van der Waals surface area contributed by atoms with Crippen molar-refractivity contribution >= 4 is 17.3 Å². The number of halogens is 1. The van der Waals surface area contributed by atoms with Crippen LogP contribution in [0.15, 0.2) is 18.2 Å². The van der Waals surface area contributed by atoms with E-state index >= 15 is 0 Å². The van der Waals surface area contributed by atoms with Crippen molar-refractivity contribution < 1.29 is 4.74 Å². The van der Waals surface area contributed by atoms with E-state index in [2.05, 4.69) is 22.6 Å². The first-order valence-corrected chi connectivity index (χ1v) is 6.57. The summed E-state index contributed by atoms with van der Waals surface area (Å²) >= 11 is 6.01. The fraction of sp³-hybridized carbons (Fsp3) is 0.538. The Balaban J connectivity index is 1.98. The number of anilines is 1. The molecule has 1 heterocycles. The van der Waals surface area contributed by atoms with Crippen molar-refractivity contribution in [3.63, 3.8) is 0 Å². The molecule has 2 N–H and O–H groups in total. The molecule has 1 aromatic carbocycles. The third kappa shape index (κ3) is 3.28. The summed E-state index contributed by atoms with van der Waals surface area (Å²) in [4.78, 5) is 2.36. The normalized spacial score (nSPS) is 20.7. The van der Waals surface area contributed by atoms with Crippen LogP contribution in [0.1, 0.15) is 0 Å². The van der Waals surface area contributed by atoms with E-state index < -0.39 is 0 Å². The first-order chi connectivity index (χ1) is 8.70. The molecule has 5 heteroatoms. The Hall–Kier alpha value is -0.970. The topological polar surface area (TPSA) is 36.5 Å². The van der Waals surface area contributed by atoms with Gasteiger partial charge in [0, 0.05) is 37.2 Å². The van der Waals surface area contributed by atoms with Crippen LogP contribution in [0.2, 0.25) is 5.02 Å². The number of likely N-dealkylation sites (N-methyl/N-ethyl adjacent to an activating group) is 1. The number of ether oxygens (including phenoxy) is 1. The number of hydrogen-bond acceptors (Lipinski definition) is 4. The van der Waals surface area contributed by atoms with Gasteiger partial charge in [-0.25, -0.2) is 0 Å². The maximum Gasteiger partial charge on any atom is 0.142 e. The summed E-state index contributed by atoms with van der Waals surface area (Å²) in [5.41, 5.74) is 0.948. The molecule has 2 rings (SSSR count). The van der Waals surface area contributed by atoms with E-state index in [1.165, 1.54) is 0 Å². The number of nitrogens with zero attached hydrogens (tertiary/aromatic N) is 1. The van der Waals surface area contributed by atoms with Crippen molar-refractivity contribution in [1.29, 1.82) is 0 Å². The summed E-state index contributed by atoms with van der Waals surface area (Å²) < 4.78 is 5.32. The second-order valence-corrected chi connectivity index (χ2v) is 5.00. The van der Waals surface area contributed by atoms with E-state index in [4.69, 9.17) is 16.3 Å². The average molecular weight is 270 g/mol. The fourth-order valence-corrected chi connectivity index (χ4v) is 2.31. The van der Waals surface area contributed by atoms with E-state index in [-0.39, 0.29) is 0 Å². The lowest BCUT2D eigenvalue weighted by molar-refractivity contribution is 0.209. The van der Waals surface area contributed by atoms with Crippen molar-refractivity contribution in [2.75, 3.05) is 45.7 Å². The molecule has 0 amide bonds. The molecule has 0 radical (unpaired) electrons. The lowest BCUT2D eigenvalue weighted by Crippen LogP contribution is -2.52. The zero-order valence-electron chi connectivity index (χ0n) is 10.9. The highest BCUT2D eigenvalue weighted by molar-refractivity contribution is 6.30. The van der Waals surface area contributed by atoms with Crippen LogP contribution in [0.3, 0.4) is 0 Å². The molecule has 18 heavy (non-hydrogen) atoms. The fourth-order valence-electron chi connectivity index (χ4n) is 2.14. The van der Waals surface area contributed by atoms with Crippen molar-refractivity contribution in [2.45, 2.75) is 6.04 Å². The molecule has 0 spiro atoms. The Labute approximate surface area is 113 Å². The monoisotopic (exact) mass is 269 g/mol. The molecule has 0 saturated carbocycles. The zero-order valence-corrected chi connectivity index (χ0v) is 11.6. The number of rotatable bonds is 4. The Bertz CT molecular complexity index is 400. The van der Waals surface area contributed by atoms with Gasteiger partial charge >= 0.3 is 0 Å². The molecule has 1 unspecified atom stereocenters. The largest absolute Gasteiger partial charge is 0.495 e. The molecule has 1 aliphatic heterocycles. The lowest BCUT2D eigenvalue weighted by Gasteiger charge is -2.33. The van der Waals surface area contributed by atoms with Crippen LogP contribution < -0.4 is 15.4 Å². The molecule has 0 bridgehead atoms. The van der Waals surface area contributed by atoms with Crippen LogP contribution in [-0.4, -0.2) is 51.3 Å². The highest BCUT2D eigenvalue weighted by atomic mass is 35.5. The molecule has 1 saturated heterocycles. The summed E-state index contributed by atoms with van der Waals surface area (Å²) in [6.45, 7) is 4.03. The highest BCUT2D eigenvalue weighted by Gasteiger charge is 2.18. The van der Waals surface area contributed by atoms with Gasteiger partial charge in [0.1, 0.15) is 5.75 Å². The Morgan fingerprint density at radius 1 is 1.56 bits per heavy atom. The van der Waals surface area contributed by atoms with Crippen molar-refractivity contribution in [1.82, 2.24) is 10.2 Å². The van der Waals surface area contributed by atoms with Gasteiger partial charge in [-0.1, -0.05) is 11.6 Å². The maximum absolute atomic E-state index is 6.01. The van der Waals surface area contributed by atoms with E-state index in [1.807, 2.05) is 18.2 Å². The van der Waals surface area contributed by atoms with Crippen LogP contribution in [0.4, 0.5) is 5.69 Å². The molecule has 1 aromatic rings. The molecule has 0 aromatic heterocycles. The predicted octanol–water partition coefficient (Wildman–Crippen LogP) is 1.66. The molecule has 1 fully saturated rings. The Kier molecular flexibility index (Phi) is 4.69. The Morgan fingerprint density at radius 3 is 3.11 bits per heavy atom. The predicted molar refractivity (Wildman–Crippen MR) is 75.8 cm³/mol. The quantitative estimate of drug-likeness (QED) is 0.872. The van der Waals surface area contributed by atoms with Crippen molar-refractivity contribution in [3.8, 4) is 5.75 Å². The molecule has 4 nitrogen and oxygen atoms in total. The maximum atomic E-state index is 6.01. The molecular formula is C13H20ClN3O. The van der Waals surface area contributed by atoms with E-state index in [1.54, 1.807) is 7.11 Å². The summed E-state index contributed by atoms with van der Waals surface area (Å²) in [5.74, 6) is 0.825. The number of hydrogen-bond donors (Lipinski definition) is 2. The Morgan fingerprint density at radius 2 is 2.39 bits per heavy atom. The van der Waals surface area contributed by atoms with Crippen LogP contribution in [0.25, 0.3) is 0 Å². The van der Waals surface area contributed by atoms with Gasteiger partial charge in [-0.2, -0.15) is 0 Å². The van der Waals surface area contributed by atoms with Gasteiger partial charge in [-0.05, 0) is 25.2 Å². The molecule has 1 atom stereocenters. The second kappa shape index (κ2) is 6.27. The third-order valence-electron chi connectivity index (χ3n) is 3.33. The molecular weight excluding hydrogens is 250 g/mol. The van der Waals surface area contributed by atoms with Gasteiger partial charge in [0.25, 0.3) is 0 Å². The first kappa shape index (κ1) is 13.5. The van der Waals surface area contributed by atoms with Crippen LogP contribution >= 0.6 is 11.6 Å². The van der Waals surface area contributed by atoms with Crippen LogP contribution in [-0.2, 0) is 0 Å². The smallest absolute Gasteiger partial charge is 0.142 e. The van der Waals surface area contributed by atoms with Gasteiger partial charge in [0.15, 0.2) is 0 Å². The standard InChI is InChI=1S/C13H20ClN3O/c1-17-6-5-15-8-11(17)9-16-12-7-10(14)3-4-13(12)18-2/h3-4,7,11,15-16H,5-6,8-9H2,1-2H3. The van der Waals surface area contributed by atoms with Gasteiger partial charge in [-0.15, -0.1) is 0 Å². The highest BCUT2D eigenvalue weighted by Crippen LogP contribution is 2.27. The van der Waals surface area contributed by atoms with Crippen LogP contribution in [0, 0.1) is 0 Å². The van der Waals surface area contributed by atoms with Gasteiger partial charge in [0.2, 0.25) is 0 Å². The van der Waals surface area contributed by atoms with Crippen molar-refractivity contribution in [2.24, 2.45) is 0 Å². The minimum Gasteiger partial charge on any atom is -0.495 e. The van der Waals surface area contributed by atoms with E-state index in [0.717, 1.165) is 37.6 Å². The summed E-state index contributed by atoms with van der Waals surface area (Å²) in [5, 5.41) is 7.53. The van der Waals surface area contributed by atoms with E-state index in [0.29, 0.717) is 11.1 Å². The van der Waals surface area contributed by atoms with Crippen LogP contribution in [0.5, 0.6) is 5.75 Å². The number of nitrogens with one attached hydrogen (secondary N) is 2. The summed E-state index contributed by atoms with van der Waals surface area (Å²) in [6.07, 6.45) is 0. The van der Waals surface area contributed by atoms with Gasteiger partial charge < -0.3 is 15.4 Å². The summed E-state index contributed by atoms with van der Waals surface area (Å²) in [7, 11) is 3.82. The third-order valence-corrected chi connectivity index (χ3v) is 3.57. The van der Waals surface area contributed by atoms with Crippen molar-refractivity contribution in [3.05, 3.63) is 23.2 Å². The summed E-state index contributed by atoms with van der Waals surface area (Å²) in [6, 6.07) is 6.10.